The monoisotopic (exact) mass is 744 g/mol. The van der Waals surface area contributed by atoms with Crippen LogP contribution in [-0.4, -0.2) is 0 Å². The third-order valence-corrected chi connectivity index (χ3v) is 12.3. The van der Waals surface area contributed by atoms with Crippen molar-refractivity contribution in [2.24, 2.45) is 0 Å². The Bertz CT molecular complexity index is 2760. The van der Waals surface area contributed by atoms with Crippen molar-refractivity contribution < 1.29 is 0 Å². The number of rotatable bonds is 9. The molecule has 1 aromatic heterocycles. The van der Waals surface area contributed by atoms with Gasteiger partial charge in [0.25, 0.3) is 0 Å². The summed E-state index contributed by atoms with van der Waals surface area (Å²) in [6.45, 7) is 18.0. The molecule has 56 heavy (non-hydrogen) atoms. The minimum Gasteiger partial charge on any atom is -0.135 e. The number of thiophene rings is 1. The zero-order valence-electron chi connectivity index (χ0n) is 33.7. The van der Waals surface area contributed by atoms with Crippen molar-refractivity contribution >= 4 is 69.8 Å². The molecule has 1 aliphatic carbocycles. The van der Waals surface area contributed by atoms with Gasteiger partial charge in [-0.05, 0) is 123 Å². The SMILES string of the molecule is C=C(/C=C\C=C\CC=C1/C(=C\C)C(C)(C)c2ccc3cc4sc5ccccc5c4cc3c21)c1ccccccc(/C(C)=C/C=C(/C=C\C)CC)c2ccccc12. The summed E-state index contributed by atoms with van der Waals surface area (Å²) in [5.74, 6) is 0. The molecule has 0 saturated heterocycles. The second-order valence-electron chi connectivity index (χ2n) is 15.1. The minimum absolute atomic E-state index is 0.0637. The smallest absolute Gasteiger partial charge is 0.0361 e. The fraction of sp³-hybridized carbons (Fsp3) is 0.164. The van der Waals surface area contributed by atoms with Crippen LogP contribution in [0.5, 0.6) is 0 Å². The van der Waals surface area contributed by atoms with E-state index >= 15 is 0 Å². The lowest BCUT2D eigenvalue weighted by Gasteiger charge is -2.21. The van der Waals surface area contributed by atoms with E-state index in [1.807, 2.05) is 11.3 Å². The van der Waals surface area contributed by atoms with Crippen LogP contribution >= 0.6 is 11.3 Å². The summed E-state index contributed by atoms with van der Waals surface area (Å²) in [5.41, 5.74) is 11.3. The molecule has 1 heteroatoms. The van der Waals surface area contributed by atoms with Gasteiger partial charge in [-0.3, -0.25) is 0 Å². The lowest BCUT2D eigenvalue weighted by atomic mass is 9.82. The van der Waals surface area contributed by atoms with Crippen LogP contribution < -0.4 is 0 Å². The highest BCUT2D eigenvalue weighted by molar-refractivity contribution is 7.25. The van der Waals surface area contributed by atoms with E-state index in [1.165, 1.54) is 80.7 Å². The first-order valence-corrected chi connectivity index (χ1v) is 20.7. The minimum atomic E-state index is -0.0637. The molecule has 0 aliphatic heterocycles. The van der Waals surface area contributed by atoms with Crippen molar-refractivity contribution in [2.45, 2.75) is 59.8 Å². The molecule has 0 nitrogen and oxygen atoms in total. The quantitative estimate of drug-likeness (QED) is 0.129. The summed E-state index contributed by atoms with van der Waals surface area (Å²) in [4.78, 5) is 0. The van der Waals surface area contributed by atoms with Gasteiger partial charge in [-0.2, -0.15) is 0 Å². The van der Waals surface area contributed by atoms with Crippen LogP contribution in [0.15, 0.2) is 188 Å². The molecule has 278 valence electrons. The van der Waals surface area contributed by atoms with E-state index in [2.05, 4.69) is 218 Å². The van der Waals surface area contributed by atoms with E-state index in [4.69, 9.17) is 0 Å². The van der Waals surface area contributed by atoms with Crippen LogP contribution in [0.1, 0.15) is 76.6 Å². The average molecular weight is 745 g/mol. The third-order valence-electron chi connectivity index (χ3n) is 11.2. The highest BCUT2D eigenvalue weighted by Crippen LogP contribution is 2.53. The molecule has 0 saturated carbocycles. The van der Waals surface area contributed by atoms with Gasteiger partial charge in [-0.1, -0.05) is 179 Å². The Morgan fingerprint density at radius 2 is 1.39 bits per heavy atom. The second-order valence-corrected chi connectivity index (χ2v) is 16.2. The zero-order chi connectivity index (χ0) is 39.2. The Morgan fingerprint density at radius 1 is 0.696 bits per heavy atom. The molecule has 0 atom stereocenters. The van der Waals surface area contributed by atoms with E-state index in [0.717, 1.165) is 24.0 Å². The van der Waals surface area contributed by atoms with Gasteiger partial charge >= 0.3 is 0 Å². The van der Waals surface area contributed by atoms with Gasteiger partial charge in [-0.15, -0.1) is 11.3 Å². The standard InChI is InChI=1S/C55H52S/c1-8-23-40(9-2)33-32-39(5)43-26-17-14-13-16-25-42(44-27-19-20-28-45(43)44)38(4)24-15-11-12-18-30-47-50(10-3)55(6,7)51-35-34-41-36-53-49(37-48(41)54(47)51)46-29-21-22-31-52(46)56-53/h8,10-17,19-37H,4,9,18H2,1-3,5-7H3/b12-11+,14-13?,16-13?,17-14?,23-8-,24-15-,25-16?,26-17?,39-32+,40-33+,42-25?,43-26?,44-42?,45-43?,47-30?,50-10+. The van der Waals surface area contributed by atoms with E-state index in [-0.39, 0.29) is 5.41 Å². The van der Waals surface area contributed by atoms with Gasteiger partial charge in [0.05, 0.1) is 0 Å². The summed E-state index contributed by atoms with van der Waals surface area (Å²) in [7, 11) is 0. The molecule has 7 rings (SSSR count). The van der Waals surface area contributed by atoms with Gasteiger partial charge < -0.3 is 0 Å². The first-order chi connectivity index (χ1) is 27.3. The van der Waals surface area contributed by atoms with Crippen molar-refractivity contribution in [1.29, 1.82) is 0 Å². The van der Waals surface area contributed by atoms with E-state index in [0.29, 0.717) is 0 Å². The van der Waals surface area contributed by atoms with Crippen LogP contribution in [-0.2, 0) is 5.41 Å². The van der Waals surface area contributed by atoms with Crippen molar-refractivity contribution in [3.05, 3.63) is 210 Å². The molecule has 0 fully saturated rings. The Hall–Kier alpha value is -5.76. The zero-order valence-corrected chi connectivity index (χ0v) is 34.5. The molecule has 0 spiro atoms. The largest absolute Gasteiger partial charge is 0.135 e. The van der Waals surface area contributed by atoms with E-state index in [9.17, 15) is 0 Å². The fourth-order valence-electron chi connectivity index (χ4n) is 8.32. The van der Waals surface area contributed by atoms with Crippen LogP contribution in [0, 0.1) is 0 Å². The lowest BCUT2D eigenvalue weighted by molar-refractivity contribution is 0.660. The predicted molar refractivity (Wildman–Crippen MR) is 252 cm³/mol. The Labute approximate surface area is 337 Å². The summed E-state index contributed by atoms with van der Waals surface area (Å²) in [5, 5.41) is 7.72. The normalized spacial score (nSPS) is 16.1. The van der Waals surface area contributed by atoms with E-state index < -0.39 is 0 Å². The van der Waals surface area contributed by atoms with Crippen molar-refractivity contribution in [3.63, 3.8) is 0 Å². The second kappa shape index (κ2) is 16.9. The van der Waals surface area contributed by atoms with Gasteiger partial charge in [0.2, 0.25) is 0 Å². The number of hydrogen-bond donors (Lipinski definition) is 0. The van der Waals surface area contributed by atoms with E-state index in [1.54, 1.807) is 0 Å². The highest BCUT2D eigenvalue weighted by Gasteiger charge is 2.38. The van der Waals surface area contributed by atoms with Crippen LogP contribution in [0.4, 0.5) is 0 Å². The first kappa shape index (κ1) is 38.5. The summed E-state index contributed by atoms with van der Waals surface area (Å²) < 4.78 is 2.70. The molecule has 0 amide bonds. The van der Waals surface area contributed by atoms with Gasteiger partial charge in [0.1, 0.15) is 0 Å². The highest BCUT2D eigenvalue weighted by atomic mass is 32.1. The maximum Gasteiger partial charge on any atom is 0.0361 e. The van der Waals surface area contributed by atoms with Crippen molar-refractivity contribution in [3.8, 4) is 0 Å². The molecule has 5 aromatic carbocycles. The average Bonchev–Trinajstić information content (AvgIpc) is 3.68. The molecule has 6 aromatic rings. The number of fused-ring (bicyclic) bond motifs is 7. The molecular formula is C55H52S. The molecule has 0 N–H and O–H groups in total. The topological polar surface area (TPSA) is 0 Å². The summed E-state index contributed by atoms with van der Waals surface area (Å²) in [6, 6.07) is 39.8. The number of hydrogen-bond acceptors (Lipinski definition) is 1. The van der Waals surface area contributed by atoms with Crippen molar-refractivity contribution in [1.82, 2.24) is 0 Å². The first-order valence-electron chi connectivity index (χ1n) is 19.9. The molecule has 0 unspecified atom stereocenters. The van der Waals surface area contributed by atoms with Crippen molar-refractivity contribution in [2.75, 3.05) is 0 Å². The number of benzene rings is 4. The number of allylic oxidation sites excluding steroid dienone is 15. The molecule has 1 heterocycles. The molecule has 0 radical (unpaired) electrons. The Kier molecular flexibility index (Phi) is 11.7. The molecular weight excluding hydrogens is 693 g/mol. The van der Waals surface area contributed by atoms with Gasteiger partial charge in [0, 0.05) is 25.6 Å². The third kappa shape index (κ3) is 7.57. The Balaban J connectivity index is 1.20. The van der Waals surface area contributed by atoms with Crippen LogP contribution in [0.3, 0.4) is 0 Å². The summed E-state index contributed by atoms with van der Waals surface area (Å²) in [6.07, 6.45) is 24.0. The maximum absolute atomic E-state index is 4.56. The Morgan fingerprint density at radius 3 is 2.12 bits per heavy atom. The molecule has 1 aliphatic rings. The fourth-order valence-corrected chi connectivity index (χ4v) is 9.45. The predicted octanol–water partition coefficient (Wildman–Crippen LogP) is 16.6. The maximum atomic E-state index is 4.56. The lowest BCUT2D eigenvalue weighted by Crippen LogP contribution is -2.14. The molecule has 0 bridgehead atoms. The van der Waals surface area contributed by atoms with Crippen LogP contribution in [0.25, 0.3) is 58.4 Å². The summed E-state index contributed by atoms with van der Waals surface area (Å²) >= 11 is 1.89. The van der Waals surface area contributed by atoms with Gasteiger partial charge in [0.15, 0.2) is 0 Å². The van der Waals surface area contributed by atoms with Gasteiger partial charge in [-0.25, -0.2) is 0 Å². The van der Waals surface area contributed by atoms with Crippen LogP contribution in [0.2, 0.25) is 0 Å².